The number of aliphatic hydroxyl groups excluding tert-OH is 1. The van der Waals surface area contributed by atoms with Crippen LogP contribution in [-0.4, -0.2) is 37.3 Å². The minimum atomic E-state index is -0.630. The van der Waals surface area contributed by atoms with Gasteiger partial charge >= 0.3 is 0 Å². The number of rotatable bonds is 2. The number of halogens is 1. The van der Waals surface area contributed by atoms with Crippen molar-refractivity contribution in [1.29, 1.82) is 0 Å². The van der Waals surface area contributed by atoms with E-state index < -0.39 is 12.3 Å². The van der Waals surface area contributed by atoms with Crippen LogP contribution in [0.2, 0.25) is 5.15 Å². The van der Waals surface area contributed by atoms with Crippen molar-refractivity contribution in [2.24, 2.45) is 0 Å². The summed E-state index contributed by atoms with van der Waals surface area (Å²) in [6.45, 7) is 2.44. The zero-order chi connectivity index (χ0) is 17.4. The Balaban J connectivity index is 1.99. The van der Waals surface area contributed by atoms with Crippen molar-refractivity contribution < 1.29 is 9.84 Å². The van der Waals surface area contributed by atoms with Crippen LogP contribution in [0.15, 0.2) is 17.5 Å². The predicted molar refractivity (Wildman–Crippen MR) is 96.4 cm³/mol. The van der Waals surface area contributed by atoms with E-state index in [0.717, 1.165) is 4.88 Å². The second kappa shape index (κ2) is 6.73. The molecule has 4 rings (SSSR count). The Bertz CT molecular complexity index is 974. The van der Waals surface area contributed by atoms with E-state index in [2.05, 4.69) is 26.8 Å². The first-order valence-electron chi connectivity index (χ1n) is 7.97. The van der Waals surface area contributed by atoms with E-state index in [9.17, 15) is 5.11 Å². The number of nitrogens with zero attached hydrogens (tertiary/aromatic N) is 4. The molecule has 0 amide bonds. The molecule has 3 aromatic rings. The molecule has 25 heavy (non-hydrogen) atoms. The summed E-state index contributed by atoms with van der Waals surface area (Å²) in [5, 5.41) is 12.6. The van der Waals surface area contributed by atoms with Crippen molar-refractivity contribution in [1.82, 2.24) is 19.5 Å². The van der Waals surface area contributed by atoms with Gasteiger partial charge in [-0.1, -0.05) is 30.5 Å². The summed E-state index contributed by atoms with van der Waals surface area (Å²) in [7, 11) is 0. The molecule has 3 aromatic heterocycles. The lowest BCUT2D eigenvalue weighted by Crippen LogP contribution is -2.20. The fourth-order valence-corrected chi connectivity index (χ4v) is 3.71. The Morgan fingerprint density at radius 2 is 2.32 bits per heavy atom. The molecule has 1 aliphatic rings. The highest BCUT2D eigenvalue weighted by molar-refractivity contribution is 7.13. The van der Waals surface area contributed by atoms with Gasteiger partial charge in [-0.15, -0.1) is 11.3 Å². The third-order valence-corrected chi connectivity index (χ3v) is 5.03. The van der Waals surface area contributed by atoms with Crippen LogP contribution in [0, 0.1) is 11.8 Å². The van der Waals surface area contributed by atoms with E-state index in [1.54, 1.807) is 11.3 Å². The average Bonchev–Trinajstić information content (AvgIpc) is 3.31. The molecule has 0 spiro atoms. The van der Waals surface area contributed by atoms with Gasteiger partial charge in [-0.25, -0.2) is 15.0 Å². The molecule has 1 saturated heterocycles. The number of fused-ring (bicyclic) bond motifs is 1. The van der Waals surface area contributed by atoms with Crippen molar-refractivity contribution in [2.75, 3.05) is 6.61 Å². The Morgan fingerprint density at radius 1 is 1.44 bits per heavy atom. The molecular weight excluding hydrogens is 360 g/mol. The van der Waals surface area contributed by atoms with E-state index in [0.29, 0.717) is 42.3 Å². The number of ether oxygens (including phenoxy) is 1. The third kappa shape index (κ3) is 2.92. The van der Waals surface area contributed by atoms with Crippen LogP contribution in [0.25, 0.3) is 21.9 Å². The lowest BCUT2D eigenvalue weighted by Gasteiger charge is -2.18. The molecule has 6 nitrogen and oxygen atoms in total. The summed E-state index contributed by atoms with van der Waals surface area (Å²) in [6.07, 6.45) is 0.0775. The van der Waals surface area contributed by atoms with Gasteiger partial charge in [0.25, 0.3) is 0 Å². The zero-order valence-electron chi connectivity index (χ0n) is 13.4. The summed E-state index contributed by atoms with van der Waals surface area (Å²) in [5.74, 6) is 6.85. The van der Waals surface area contributed by atoms with Crippen molar-refractivity contribution in [3.05, 3.63) is 28.5 Å². The number of aromatic nitrogens is 4. The monoisotopic (exact) mass is 374 g/mol. The molecule has 128 valence electrons. The minimum Gasteiger partial charge on any atom is -0.388 e. The maximum Gasteiger partial charge on any atom is 0.208 e. The highest BCUT2D eigenvalue weighted by atomic mass is 35.5. The molecule has 0 aromatic carbocycles. The van der Waals surface area contributed by atoms with Gasteiger partial charge in [-0.05, 0) is 17.4 Å². The van der Waals surface area contributed by atoms with Gasteiger partial charge in [-0.2, -0.15) is 0 Å². The van der Waals surface area contributed by atoms with Crippen LogP contribution < -0.4 is 0 Å². The smallest absolute Gasteiger partial charge is 0.208 e. The Morgan fingerprint density at radius 3 is 3.00 bits per heavy atom. The van der Waals surface area contributed by atoms with Crippen LogP contribution in [0.1, 0.15) is 31.8 Å². The van der Waals surface area contributed by atoms with Crippen LogP contribution in [0.3, 0.4) is 0 Å². The summed E-state index contributed by atoms with van der Waals surface area (Å²) in [6, 6.07) is 3.91. The summed E-state index contributed by atoms with van der Waals surface area (Å²) in [4.78, 5) is 14.3. The van der Waals surface area contributed by atoms with Crippen LogP contribution in [-0.2, 0) is 4.74 Å². The molecule has 0 bridgehead atoms. The fraction of sp³-hybridized carbons (Fsp3) is 0.353. The molecule has 1 N–H and O–H groups in total. The molecule has 0 saturated carbocycles. The summed E-state index contributed by atoms with van der Waals surface area (Å²) < 4.78 is 7.56. The largest absolute Gasteiger partial charge is 0.388 e. The number of hydrogen-bond donors (Lipinski definition) is 1. The third-order valence-electron chi connectivity index (χ3n) is 3.90. The lowest BCUT2D eigenvalue weighted by molar-refractivity contribution is -0.00513. The SMILES string of the molecule is CCC#Cc1nc(Cl)c2nc(-c3cccs3)n([C@@H]3OCC[C@H]3O)c2n1. The molecule has 0 radical (unpaired) electrons. The Kier molecular flexibility index (Phi) is 4.44. The molecule has 1 fully saturated rings. The van der Waals surface area contributed by atoms with E-state index in [1.807, 2.05) is 29.0 Å². The molecule has 4 heterocycles. The van der Waals surface area contributed by atoms with Gasteiger partial charge in [0.15, 0.2) is 22.9 Å². The van der Waals surface area contributed by atoms with Crippen molar-refractivity contribution in [3.8, 4) is 22.5 Å². The maximum absolute atomic E-state index is 10.3. The number of imidazole rings is 1. The molecule has 0 unspecified atom stereocenters. The zero-order valence-corrected chi connectivity index (χ0v) is 15.0. The van der Waals surface area contributed by atoms with Gasteiger partial charge in [0.05, 0.1) is 11.5 Å². The first-order chi connectivity index (χ1) is 12.2. The van der Waals surface area contributed by atoms with Gasteiger partial charge < -0.3 is 9.84 Å². The van der Waals surface area contributed by atoms with Crippen molar-refractivity contribution in [3.63, 3.8) is 0 Å². The van der Waals surface area contributed by atoms with Crippen molar-refractivity contribution >= 4 is 34.1 Å². The summed E-state index contributed by atoms with van der Waals surface area (Å²) >= 11 is 7.89. The second-order valence-electron chi connectivity index (χ2n) is 5.57. The van der Waals surface area contributed by atoms with Gasteiger partial charge in [0.2, 0.25) is 5.82 Å². The lowest BCUT2D eigenvalue weighted by atomic mass is 10.2. The molecular formula is C17H15ClN4O2S. The highest BCUT2D eigenvalue weighted by Crippen LogP contribution is 2.36. The molecule has 1 aliphatic heterocycles. The van der Waals surface area contributed by atoms with Crippen molar-refractivity contribution in [2.45, 2.75) is 32.1 Å². The molecule has 8 heteroatoms. The van der Waals surface area contributed by atoms with Crippen LogP contribution in [0.5, 0.6) is 0 Å². The van der Waals surface area contributed by atoms with E-state index in [-0.39, 0.29) is 5.15 Å². The predicted octanol–water partition coefficient (Wildman–Crippen LogP) is 3.25. The van der Waals surface area contributed by atoms with E-state index >= 15 is 0 Å². The number of thiophene rings is 1. The minimum absolute atomic E-state index is 0.245. The highest BCUT2D eigenvalue weighted by Gasteiger charge is 2.33. The fourth-order valence-electron chi connectivity index (χ4n) is 2.79. The maximum atomic E-state index is 10.3. The van der Waals surface area contributed by atoms with Gasteiger partial charge in [-0.3, -0.25) is 4.57 Å². The van der Waals surface area contributed by atoms with Gasteiger partial charge in [0, 0.05) is 12.8 Å². The topological polar surface area (TPSA) is 73.1 Å². The quantitative estimate of drug-likeness (QED) is 0.550. The van der Waals surface area contributed by atoms with E-state index in [4.69, 9.17) is 16.3 Å². The van der Waals surface area contributed by atoms with Crippen LogP contribution in [0.4, 0.5) is 0 Å². The number of aliphatic hydroxyl groups is 1. The average molecular weight is 375 g/mol. The number of hydrogen-bond acceptors (Lipinski definition) is 6. The molecule has 0 aliphatic carbocycles. The standard InChI is InChI=1S/C17H15ClN4O2S/c1-2-3-6-12-19-14(18)13-16(20-12)22(17-10(23)7-8-24-17)15(21-13)11-5-4-9-25-11/h4-5,9-10,17,23H,2,7-8H2,1H3/t10-,17-/m1/s1. The normalized spacial score (nSPS) is 20.0. The Labute approximate surface area is 153 Å². The van der Waals surface area contributed by atoms with Gasteiger partial charge in [0.1, 0.15) is 11.6 Å². The second-order valence-corrected chi connectivity index (χ2v) is 6.87. The molecule has 2 atom stereocenters. The van der Waals surface area contributed by atoms with Crippen LogP contribution >= 0.6 is 22.9 Å². The summed E-state index contributed by atoms with van der Waals surface area (Å²) in [5.41, 5.74) is 1.00. The van der Waals surface area contributed by atoms with E-state index in [1.165, 1.54) is 0 Å². The first-order valence-corrected chi connectivity index (χ1v) is 9.22. The first kappa shape index (κ1) is 16.5. The Hall–Kier alpha value is -1.98.